The summed E-state index contributed by atoms with van der Waals surface area (Å²) in [4.78, 5) is 4.46. The van der Waals surface area contributed by atoms with Crippen molar-refractivity contribution in [1.29, 1.82) is 0 Å². The number of aryl methyl sites for hydroxylation is 1. The molecule has 1 N–H and O–H groups in total. The molecule has 98 valence electrons. The van der Waals surface area contributed by atoms with Crippen molar-refractivity contribution in [2.45, 2.75) is 32.7 Å². The van der Waals surface area contributed by atoms with Crippen LogP contribution in [0.4, 0.5) is 0 Å². The number of nitrogens with one attached hydrogen (secondary N) is 1. The van der Waals surface area contributed by atoms with Crippen molar-refractivity contribution in [3.63, 3.8) is 0 Å². The van der Waals surface area contributed by atoms with E-state index in [2.05, 4.69) is 28.7 Å². The van der Waals surface area contributed by atoms with E-state index < -0.39 is 0 Å². The minimum Gasteiger partial charge on any atom is -0.385 e. The van der Waals surface area contributed by atoms with Crippen molar-refractivity contribution >= 4 is 0 Å². The average Bonchev–Trinajstić information content (AvgIpc) is 2.73. The molecule has 17 heavy (non-hydrogen) atoms. The predicted molar refractivity (Wildman–Crippen MR) is 69.9 cm³/mol. The molecule has 0 saturated carbocycles. The summed E-state index contributed by atoms with van der Waals surface area (Å²) in [5, 5.41) is 3.58. The van der Waals surface area contributed by atoms with Gasteiger partial charge in [0.1, 0.15) is 5.82 Å². The quantitative estimate of drug-likeness (QED) is 0.755. The molecular formula is C13H25N3O. The Morgan fingerprint density at radius 3 is 2.82 bits per heavy atom. The van der Waals surface area contributed by atoms with Gasteiger partial charge in [-0.3, -0.25) is 0 Å². The Balaban J connectivity index is 2.69. The number of methoxy groups -OCH3 is 1. The lowest BCUT2D eigenvalue weighted by Gasteiger charge is -2.24. The summed E-state index contributed by atoms with van der Waals surface area (Å²) < 4.78 is 7.25. The molecule has 0 bridgehead atoms. The van der Waals surface area contributed by atoms with Gasteiger partial charge in [-0.15, -0.1) is 0 Å². The van der Waals surface area contributed by atoms with E-state index in [0.717, 1.165) is 31.8 Å². The van der Waals surface area contributed by atoms with Gasteiger partial charge in [-0.25, -0.2) is 4.98 Å². The zero-order valence-corrected chi connectivity index (χ0v) is 11.4. The number of rotatable bonds is 8. The Hall–Kier alpha value is -0.870. The standard InChI is InChI=1S/C13H25N3O/c1-5-7-14-12(11(2)6-10-17-4)13-15-8-9-16(13)3/h8-9,11-12,14H,5-7,10H2,1-4H3. The number of hydrogen-bond acceptors (Lipinski definition) is 3. The number of imidazole rings is 1. The lowest BCUT2D eigenvalue weighted by atomic mass is 9.97. The lowest BCUT2D eigenvalue weighted by molar-refractivity contribution is 0.168. The van der Waals surface area contributed by atoms with Crippen molar-refractivity contribution in [2.75, 3.05) is 20.3 Å². The van der Waals surface area contributed by atoms with Gasteiger partial charge in [0.2, 0.25) is 0 Å². The van der Waals surface area contributed by atoms with Crippen LogP contribution in [0.2, 0.25) is 0 Å². The molecule has 1 aromatic heterocycles. The molecule has 0 saturated heterocycles. The fraction of sp³-hybridized carbons (Fsp3) is 0.769. The monoisotopic (exact) mass is 239 g/mol. The zero-order valence-electron chi connectivity index (χ0n) is 11.4. The molecule has 0 radical (unpaired) electrons. The average molecular weight is 239 g/mol. The first-order chi connectivity index (χ1) is 8.20. The minimum absolute atomic E-state index is 0.310. The second-order valence-electron chi connectivity index (χ2n) is 4.59. The number of ether oxygens (including phenoxy) is 1. The Labute approximate surface area is 104 Å². The summed E-state index contributed by atoms with van der Waals surface area (Å²) >= 11 is 0. The second-order valence-corrected chi connectivity index (χ2v) is 4.59. The smallest absolute Gasteiger partial charge is 0.125 e. The number of aromatic nitrogens is 2. The summed E-state index contributed by atoms with van der Waals surface area (Å²) in [6, 6.07) is 0.310. The molecule has 0 spiro atoms. The van der Waals surface area contributed by atoms with E-state index in [9.17, 15) is 0 Å². The fourth-order valence-corrected chi connectivity index (χ4v) is 1.99. The van der Waals surface area contributed by atoms with Crippen LogP contribution in [-0.2, 0) is 11.8 Å². The first-order valence-electron chi connectivity index (χ1n) is 6.40. The summed E-state index contributed by atoms with van der Waals surface area (Å²) in [6.45, 7) is 6.26. The first kappa shape index (κ1) is 14.2. The molecule has 4 heteroatoms. The molecule has 2 unspecified atom stereocenters. The van der Waals surface area contributed by atoms with Crippen LogP contribution in [0.5, 0.6) is 0 Å². The third kappa shape index (κ3) is 4.13. The molecule has 4 nitrogen and oxygen atoms in total. The normalized spacial score (nSPS) is 14.8. The molecule has 0 aromatic carbocycles. The lowest BCUT2D eigenvalue weighted by Crippen LogP contribution is -2.30. The fourth-order valence-electron chi connectivity index (χ4n) is 1.99. The first-order valence-corrected chi connectivity index (χ1v) is 6.40. The second kappa shape index (κ2) is 7.45. The highest BCUT2D eigenvalue weighted by molar-refractivity contribution is 5.00. The van der Waals surface area contributed by atoms with E-state index in [1.165, 1.54) is 0 Å². The third-order valence-corrected chi connectivity index (χ3v) is 3.10. The molecule has 1 heterocycles. The largest absolute Gasteiger partial charge is 0.385 e. The summed E-state index contributed by atoms with van der Waals surface area (Å²) in [5.74, 6) is 1.63. The Kier molecular flexibility index (Phi) is 6.22. The van der Waals surface area contributed by atoms with Gasteiger partial charge in [0.05, 0.1) is 6.04 Å². The van der Waals surface area contributed by atoms with Gasteiger partial charge < -0.3 is 14.6 Å². The summed E-state index contributed by atoms with van der Waals surface area (Å²) in [6.07, 6.45) is 6.04. The van der Waals surface area contributed by atoms with Gasteiger partial charge in [-0.05, 0) is 25.3 Å². The van der Waals surface area contributed by atoms with Crippen LogP contribution in [0.25, 0.3) is 0 Å². The zero-order chi connectivity index (χ0) is 12.7. The molecule has 1 aromatic rings. The maximum Gasteiger partial charge on any atom is 0.125 e. The van der Waals surface area contributed by atoms with Crippen molar-refractivity contribution in [1.82, 2.24) is 14.9 Å². The van der Waals surface area contributed by atoms with Gasteiger partial charge in [0.15, 0.2) is 0 Å². The highest BCUT2D eigenvalue weighted by atomic mass is 16.5. The van der Waals surface area contributed by atoms with Crippen LogP contribution in [0.1, 0.15) is 38.6 Å². The molecular weight excluding hydrogens is 214 g/mol. The van der Waals surface area contributed by atoms with Crippen molar-refractivity contribution < 1.29 is 4.74 Å². The summed E-state index contributed by atoms with van der Waals surface area (Å²) in [5.41, 5.74) is 0. The van der Waals surface area contributed by atoms with E-state index in [4.69, 9.17) is 4.74 Å². The van der Waals surface area contributed by atoms with Gasteiger partial charge in [0, 0.05) is 33.2 Å². The van der Waals surface area contributed by atoms with Crippen LogP contribution in [0.15, 0.2) is 12.4 Å². The summed E-state index contributed by atoms with van der Waals surface area (Å²) in [7, 11) is 3.80. The van der Waals surface area contributed by atoms with Gasteiger partial charge in [0.25, 0.3) is 0 Å². The predicted octanol–water partition coefficient (Wildman–Crippen LogP) is 2.13. The van der Waals surface area contributed by atoms with Crippen LogP contribution in [0, 0.1) is 5.92 Å². The SMILES string of the molecule is CCCNC(c1nccn1C)C(C)CCOC. The van der Waals surface area contributed by atoms with E-state index in [-0.39, 0.29) is 0 Å². The van der Waals surface area contributed by atoms with E-state index in [1.807, 2.05) is 19.4 Å². The highest BCUT2D eigenvalue weighted by Crippen LogP contribution is 2.22. The maximum absolute atomic E-state index is 5.16. The molecule has 1 rings (SSSR count). The maximum atomic E-state index is 5.16. The van der Waals surface area contributed by atoms with Crippen LogP contribution >= 0.6 is 0 Å². The number of hydrogen-bond donors (Lipinski definition) is 1. The third-order valence-electron chi connectivity index (χ3n) is 3.10. The highest BCUT2D eigenvalue weighted by Gasteiger charge is 2.21. The van der Waals surface area contributed by atoms with Crippen LogP contribution in [-0.4, -0.2) is 29.8 Å². The minimum atomic E-state index is 0.310. The van der Waals surface area contributed by atoms with Crippen LogP contribution in [0.3, 0.4) is 0 Å². The Morgan fingerprint density at radius 2 is 2.29 bits per heavy atom. The van der Waals surface area contributed by atoms with E-state index in [1.54, 1.807) is 7.11 Å². The molecule has 0 aliphatic rings. The van der Waals surface area contributed by atoms with Gasteiger partial charge in [-0.2, -0.15) is 0 Å². The van der Waals surface area contributed by atoms with Crippen molar-refractivity contribution in [2.24, 2.45) is 13.0 Å². The molecule has 0 aliphatic carbocycles. The van der Waals surface area contributed by atoms with Gasteiger partial charge in [-0.1, -0.05) is 13.8 Å². The topological polar surface area (TPSA) is 39.1 Å². The molecule has 0 aliphatic heterocycles. The van der Waals surface area contributed by atoms with E-state index in [0.29, 0.717) is 12.0 Å². The Morgan fingerprint density at radius 1 is 1.53 bits per heavy atom. The van der Waals surface area contributed by atoms with E-state index >= 15 is 0 Å². The van der Waals surface area contributed by atoms with Gasteiger partial charge >= 0.3 is 0 Å². The van der Waals surface area contributed by atoms with Crippen LogP contribution < -0.4 is 5.32 Å². The molecule has 2 atom stereocenters. The molecule has 0 amide bonds. The molecule has 0 fully saturated rings. The van der Waals surface area contributed by atoms with Crippen molar-refractivity contribution in [3.05, 3.63) is 18.2 Å². The Bertz CT molecular complexity index is 311. The van der Waals surface area contributed by atoms with Crippen molar-refractivity contribution in [3.8, 4) is 0 Å². The number of nitrogens with zero attached hydrogens (tertiary/aromatic N) is 2.